The first kappa shape index (κ1) is 24.3. The summed E-state index contributed by atoms with van der Waals surface area (Å²) in [6, 6.07) is 2.97. The second-order valence-corrected chi connectivity index (χ2v) is 7.03. The lowest BCUT2D eigenvalue weighted by Crippen LogP contribution is -2.48. The Morgan fingerprint density at radius 2 is 2.10 bits per heavy atom. The maximum Gasteiger partial charge on any atom is 0.490 e. The molecular formula is C18H23F3N4O6. The SMILES string of the molecule is NC(=O)N1CCOCC2(CCC(CNC(=O)c3cccnc3)O2)C1.O=C(O)C(F)(F)F. The van der Waals surface area contributed by atoms with Gasteiger partial charge in [-0.1, -0.05) is 0 Å². The molecule has 0 radical (unpaired) electrons. The van der Waals surface area contributed by atoms with E-state index in [2.05, 4.69) is 10.3 Å². The van der Waals surface area contributed by atoms with Gasteiger partial charge in [-0.3, -0.25) is 9.78 Å². The summed E-state index contributed by atoms with van der Waals surface area (Å²) in [5.74, 6) is -2.93. The molecule has 2 saturated heterocycles. The van der Waals surface area contributed by atoms with Gasteiger partial charge < -0.3 is 30.5 Å². The highest BCUT2D eigenvalue weighted by molar-refractivity contribution is 5.93. The molecule has 31 heavy (non-hydrogen) atoms. The summed E-state index contributed by atoms with van der Waals surface area (Å²) in [6.07, 6.45) is -0.483. The lowest BCUT2D eigenvalue weighted by atomic mass is 10.0. The molecule has 2 unspecified atom stereocenters. The van der Waals surface area contributed by atoms with Crippen molar-refractivity contribution in [2.24, 2.45) is 5.73 Å². The molecule has 0 aliphatic carbocycles. The van der Waals surface area contributed by atoms with Crippen LogP contribution in [0.4, 0.5) is 18.0 Å². The van der Waals surface area contributed by atoms with Crippen LogP contribution in [0.1, 0.15) is 23.2 Å². The Hall–Kier alpha value is -2.93. The van der Waals surface area contributed by atoms with Gasteiger partial charge in [-0.25, -0.2) is 9.59 Å². The highest BCUT2D eigenvalue weighted by Crippen LogP contribution is 2.32. The molecule has 172 valence electrons. The Balaban J connectivity index is 0.000000423. The van der Waals surface area contributed by atoms with Gasteiger partial charge in [0.05, 0.1) is 31.4 Å². The lowest BCUT2D eigenvalue weighted by molar-refractivity contribution is -0.192. The zero-order valence-electron chi connectivity index (χ0n) is 16.4. The monoisotopic (exact) mass is 448 g/mol. The summed E-state index contributed by atoms with van der Waals surface area (Å²) >= 11 is 0. The van der Waals surface area contributed by atoms with E-state index >= 15 is 0 Å². The minimum atomic E-state index is -5.08. The first-order valence-electron chi connectivity index (χ1n) is 9.31. The molecule has 3 heterocycles. The van der Waals surface area contributed by atoms with Crippen LogP contribution in [0, 0.1) is 0 Å². The quantitative estimate of drug-likeness (QED) is 0.620. The van der Waals surface area contributed by atoms with E-state index < -0.39 is 23.8 Å². The first-order chi connectivity index (χ1) is 14.5. The summed E-state index contributed by atoms with van der Waals surface area (Å²) in [6.45, 7) is 2.20. The third kappa shape index (κ3) is 7.36. The van der Waals surface area contributed by atoms with Crippen LogP contribution in [0.15, 0.2) is 24.5 Å². The number of aromatic nitrogens is 1. The number of nitrogens with zero attached hydrogens (tertiary/aromatic N) is 2. The van der Waals surface area contributed by atoms with Gasteiger partial charge in [0.2, 0.25) is 0 Å². The number of hydrogen-bond acceptors (Lipinski definition) is 6. The molecular weight excluding hydrogens is 425 g/mol. The van der Waals surface area contributed by atoms with Gasteiger partial charge in [0.1, 0.15) is 5.60 Å². The Bertz CT molecular complexity index is 779. The number of carbonyl (C=O) groups is 3. The number of alkyl halides is 3. The van der Waals surface area contributed by atoms with Crippen molar-refractivity contribution >= 4 is 17.9 Å². The largest absolute Gasteiger partial charge is 0.490 e. The molecule has 2 atom stereocenters. The van der Waals surface area contributed by atoms with E-state index in [0.29, 0.717) is 38.4 Å². The van der Waals surface area contributed by atoms with E-state index in [4.69, 9.17) is 25.1 Å². The number of urea groups is 1. The summed E-state index contributed by atoms with van der Waals surface area (Å²) in [4.78, 5) is 37.9. The summed E-state index contributed by atoms with van der Waals surface area (Å²) in [5.41, 5.74) is 5.38. The van der Waals surface area contributed by atoms with Crippen molar-refractivity contribution in [2.45, 2.75) is 30.7 Å². The molecule has 3 amide bonds. The van der Waals surface area contributed by atoms with Crippen molar-refractivity contribution in [3.05, 3.63) is 30.1 Å². The number of rotatable bonds is 3. The van der Waals surface area contributed by atoms with Gasteiger partial charge in [0.25, 0.3) is 5.91 Å². The van der Waals surface area contributed by atoms with Crippen LogP contribution < -0.4 is 11.1 Å². The maximum atomic E-state index is 12.1. The number of carbonyl (C=O) groups excluding carboxylic acids is 2. The number of primary amides is 1. The van der Waals surface area contributed by atoms with E-state index in [1.165, 1.54) is 6.20 Å². The normalized spacial score (nSPS) is 23.5. The van der Waals surface area contributed by atoms with Crippen LogP contribution >= 0.6 is 0 Å². The van der Waals surface area contributed by atoms with Gasteiger partial charge in [-0.15, -0.1) is 0 Å². The lowest BCUT2D eigenvalue weighted by Gasteiger charge is -2.31. The molecule has 0 aromatic carbocycles. The third-order valence-electron chi connectivity index (χ3n) is 4.66. The number of carboxylic acids is 1. The number of carboxylic acid groups (broad SMARTS) is 1. The zero-order valence-corrected chi connectivity index (χ0v) is 16.4. The van der Waals surface area contributed by atoms with E-state index in [1.54, 1.807) is 23.2 Å². The molecule has 2 aliphatic rings. The second kappa shape index (κ2) is 10.4. The first-order valence-corrected chi connectivity index (χ1v) is 9.31. The van der Waals surface area contributed by atoms with Crippen molar-refractivity contribution < 1.29 is 42.1 Å². The van der Waals surface area contributed by atoms with Gasteiger partial charge in [0.15, 0.2) is 0 Å². The number of ether oxygens (including phenoxy) is 2. The summed E-state index contributed by atoms with van der Waals surface area (Å²) < 4.78 is 43.5. The second-order valence-electron chi connectivity index (χ2n) is 7.03. The fraction of sp³-hybridized carbons (Fsp3) is 0.556. The molecule has 2 aliphatic heterocycles. The average molecular weight is 448 g/mol. The van der Waals surface area contributed by atoms with Crippen molar-refractivity contribution in [1.82, 2.24) is 15.2 Å². The van der Waals surface area contributed by atoms with Gasteiger partial charge in [-0.2, -0.15) is 13.2 Å². The van der Waals surface area contributed by atoms with E-state index in [-0.39, 0.29) is 12.0 Å². The predicted octanol–water partition coefficient (Wildman–Crippen LogP) is 0.773. The Morgan fingerprint density at radius 1 is 1.39 bits per heavy atom. The molecule has 10 nitrogen and oxygen atoms in total. The number of hydrogen-bond donors (Lipinski definition) is 3. The van der Waals surface area contributed by atoms with E-state index in [0.717, 1.165) is 12.8 Å². The minimum Gasteiger partial charge on any atom is -0.475 e. The molecule has 2 fully saturated rings. The Morgan fingerprint density at radius 3 is 2.68 bits per heavy atom. The standard InChI is InChI=1S/C16H22N4O4.C2HF3O2/c17-15(22)20-6-7-23-11-16(10-20)4-3-13(24-16)9-19-14(21)12-2-1-5-18-8-12;3-2(4,5)1(6)7/h1-2,5,8,13H,3-4,6-7,9-11H2,(H2,17,22)(H,19,21);(H,6,7). The minimum absolute atomic E-state index is 0.109. The number of nitrogens with one attached hydrogen (secondary N) is 1. The van der Waals surface area contributed by atoms with Crippen molar-refractivity contribution in [1.29, 1.82) is 0 Å². The van der Waals surface area contributed by atoms with Crippen LogP contribution in [0.5, 0.6) is 0 Å². The van der Waals surface area contributed by atoms with Gasteiger partial charge in [0, 0.05) is 25.5 Å². The van der Waals surface area contributed by atoms with E-state index in [9.17, 15) is 22.8 Å². The van der Waals surface area contributed by atoms with Gasteiger partial charge in [-0.05, 0) is 25.0 Å². The highest BCUT2D eigenvalue weighted by Gasteiger charge is 2.43. The van der Waals surface area contributed by atoms with Crippen molar-refractivity contribution in [2.75, 3.05) is 32.8 Å². The summed E-state index contributed by atoms with van der Waals surface area (Å²) in [7, 11) is 0. The molecule has 0 saturated carbocycles. The fourth-order valence-electron chi connectivity index (χ4n) is 3.16. The third-order valence-corrected chi connectivity index (χ3v) is 4.66. The van der Waals surface area contributed by atoms with E-state index in [1.807, 2.05) is 0 Å². The number of nitrogens with two attached hydrogens (primary N) is 1. The van der Waals surface area contributed by atoms with Crippen molar-refractivity contribution in [3.8, 4) is 0 Å². The molecule has 4 N–H and O–H groups in total. The van der Waals surface area contributed by atoms with Crippen LogP contribution in [0.2, 0.25) is 0 Å². The topological polar surface area (TPSA) is 144 Å². The predicted molar refractivity (Wildman–Crippen MR) is 99.1 cm³/mol. The molecule has 1 spiro atoms. The Kier molecular flexibility index (Phi) is 8.16. The van der Waals surface area contributed by atoms with Gasteiger partial charge >= 0.3 is 18.2 Å². The average Bonchev–Trinajstić information content (AvgIpc) is 2.98. The number of pyridine rings is 1. The molecule has 0 bridgehead atoms. The fourth-order valence-corrected chi connectivity index (χ4v) is 3.16. The van der Waals surface area contributed by atoms with Crippen molar-refractivity contribution in [3.63, 3.8) is 0 Å². The molecule has 3 rings (SSSR count). The molecule has 1 aromatic rings. The highest BCUT2D eigenvalue weighted by atomic mass is 19.4. The number of halogens is 3. The van der Waals surface area contributed by atoms with Crippen LogP contribution in [-0.4, -0.2) is 83.6 Å². The number of aliphatic carboxylic acids is 1. The maximum absolute atomic E-state index is 12.1. The Labute approximate surface area is 175 Å². The van der Waals surface area contributed by atoms with Crippen LogP contribution in [-0.2, 0) is 14.3 Å². The summed E-state index contributed by atoms with van der Waals surface area (Å²) in [5, 5.41) is 9.99. The molecule has 13 heteroatoms. The zero-order chi connectivity index (χ0) is 23.1. The van der Waals surface area contributed by atoms with Crippen LogP contribution in [0.3, 0.4) is 0 Å². The smallest absolute Gasteiger partial charge is 0.475 e. The molecule has 1 aromatic heterocycles. The van der Waals surface area contributed by atoms with Crippen LogP contribution in [0.25, 0.3) is 0 Å². The number of amides is 3.